The van der Waals surface area contributed by atoms with E-state index in [0.717, 1.165) is 5.69 Å². The highest BCUT2D eigenvalue weighted by molar-refractivity contribution is 7.98. The van der Waals surface area contributed by atoms with Gasteiger partial charge in [-0.25, -0.2) is 9.97 Å². The number of nitrogens with one attached hydrogen (secondary N) is 1. The lowest BCUT2D eigenvalue weighted by molar-refractivity contribution is 0.955. The fraction of sp³-hybridized carbons (Fsp3) is 0.200. The van der Waals surface area contributed by atoms with E-state index in [1.165, 1.54) is 17.8 Å². The molecule has 5 nitrogen and oxygen atoms in total. The molecular formula is C10H8N4OS. The molecule has 0 saturated heterocycles. The van der Waals surface area contributed by atoms with Gasteiger partial charge >= 0.3 is 0 Å². The summed E-state index contributed by atoms with van der Waals surface area (Å²) in [6.07, 6.45) is 1.86. The SMILES string of the molecule is CSc1nc(C)c2cc(C#N)c(=O)[nH]c2n1. The van der Waals surface area contributed by atoms with E-state index >= 15 is 0 Å². The number of hydrogen-bond donors (Lipinski definition) is 1. The van der Waals surface area contributed by atoms with Gasteiger partial charge in [0.2, 0.25) is 0 Å². The summed E-state index contributed by atoms with van der Waals surface area (Å²) in [6, 6.07) is 3.36. The van der Waals surface area contributed by atoms with E-state index in [0.29, 0.717) is 16.2 Å². The number of aromatic amines is 1. The largest absolute Gasteiger partial charge is 0.305 e. The van der Waals surface area contributed by atoms with Crippen LogP contribution in [0.5, 0.6) is 0 Å². The van der Waals surface area contributed by atoms with Crippen LogP contribution in [0.4, 0.5) is 0 Å². The van der Waals surface area contributed by atoms with E-state index in [9.17, 15) is 4.79 Å². The second kappa shape index (κ2) is 3.94. The minimum atomic E-state index is -0.417. The van der Waals surface area contributed by atoms with E-state index in [1.807, 2.05) is 19.2 Å². The summed E-state index contributed by atoms with van der Waals surface area (Å²) in [5, 5.41) is 10.1. The van der Waals surface area contributed by atoms with Gasteiger partial charge < -0.3 is 4.98 Å². The highest BCUT2D eigenvalue weighted by atomic mass is 32.2. The van der Waals surface area contributed by atoms with Gasteiger partial charge in [-0.2, -0.15) is 5.26 Å². The summed E-state index contributed by atoms with van der Waals surface area (Å²) in [5.74, 6) is 0. The van der Waals surface area contributed by atoms with E-state index in [2.05, 4.69) is 15.0 Å². The van der Waals surface area contributed by atoms with E-state index < -0.39 is 5.56 Å². The third-order valence-corrected chi connectivity index (χ3v) is 2.73. The van der Waals surface area contributed by atoms with Gasteiger partial charge in [0, 0.05) is 5.39 Å². The fourth-order valence-electron chi connectivity index (χ4n) is 1.38. The highest BCUT2D eigenvalue weighted by Crippen LogP contribution is 2.16. The summed E-state index contributed by atoms with van der Waals surface area (Å²) in [4.78, 5) is 22.4. The molecule has 2 heterocycles. The molecule has 0 aliphatic carbocycles. The van der Waals surface area contributed by atoms with Crippen LogP contribution in [-0.2, 0) is 0 Å². The van der Waals surface area contributed by atoms with Crippen LogP contribution in [0.3, 0.4) is 0 Å². The predicted octanol–water partition coefficient (Wildman–Crippen LogP) is 1.22. The van der Waals surface area contributed by atoms with Crippen LogP contribution >= 0.6 is 11.8 Å². The summed E-state index contributed by atoms with van der Waals surface area (Å²) in [6.45, 7) is 1.82. The van der Waals surface area contributed by atoms with Crippen molar-refractivity contribution in [2.24, 2.45) is 0 Å². The van der Waals surface area contributed by atoms with Crippen molar-refractivity contribution in [3.8, 4) is 6.07 Å². The Balaban J connectivity index is 2.87. The first-order valence-corrected chi connectivity index (χ1v) is 5.74. The molecule has 0 unspecified atom stereocenters. The molecule has 0 radical (unpaired) electrons. The van der Waals surface area contributed by atoms with Gasteiger partial charge in [-0.1, -0.05) is 11.8 Å². The summed E-state index contributed by atoms with van der Waals surface area (Å²) in [7, 11) is 0. The molecule has 0 aromatic carbocycles. The monoisotopic (exact) mass is 232 g/mol. The molecule has 0 spiro atoms. The Morgan fingerprint density at radius 1 is 1.50 bits per heavy atom. The minimum Gasteiger partial charge on any atom is -0.305 e. The number of pyridine rings is 1. The van der Waals surface area contributed by atoms with Gasteiger partial charge in [0.1, 0.15) is 17.3 Å². The van der Waals surface area contributed by atoms with Gasteiger partial charge in [-0.3, -0.25) is 4.79 Å². The van der Waals surface area contributed by atoms with Crippen LogP contribution in [0.15, 0.2) is 16.0 Å². The van der Waals surface area contributed by atoms with Crippen LogP contribution in [0.2, 0.25) is 0 Å². The standard InChI is InChI=1S/C10H8N4OS/c1-5-7-3-6(4-11)9(15)13-8(7)14-10(12-5)16-2/h3H,1-2H3,(H,12,13,14,15). The van der Waals surface area contributed by atoms with Crippen molar-refractivity contribution in [2.45, 2.75) is 12.1 Å². The molecule has 0 fully saturated rings. The quantitative estimate of drug-likeness (QED) is 0.590. The molecule has 0 bridgehead atoms. The maximum atomic E-state index is 11.4. The van der Waals surface area contributed by atoms with Gasteiger partial charge in [0.05, 0.1) is 5.69 Å². The van der Waals surface area contributed by atoms with Crippen molar-refractivity contribution in [1.82, 2.24) is 15.0 Å². The Hall–Kier alpha value is -1.87. The van der Waals surface area contributed by atoms with Gasteiger partial charge in [-0.05, 0) is 19.2 Å². The van der Waals surface area contributed by atoms with Gasteiger partial charge in [0.15, 0.2) is 5.16 Å². The van der Waals surface area contributed by atoms with Crippen molar-refractivity contribution in [2.75, 3.05) is 6.26 Å². The molecule has 80 valence electrons. The summed E-state index contributed by atoms with van der Waals surface area (Å²) >= 11 is 1.40. The predicted molar refractivity (Wildman–Crippen MR) is 61.4 cm³/mol. The lowest BCUT2D eigenvalue weighted by Gasteiger charge is -2.03. The first-order valence-electron chi connectivity index (χ1n) is 4.51. The highest BCUT2D eigenvalue weighted by Gasteiger charge is 2.07. The molecule has 2 aromatic rings. The van der Waals surface area contributed by atoms with E-state index in [-0.39, 0.29) is 5.56 Å². The lowest BCUT2D eigenvalue weighted by Crippen LogP contribution is -2.11. The first kappa shape index (κ1) is 10.6. The number of aromatic nitrogens is 3. The van der Waals surface area contributed by atoms with Crippen LogP contribution in [0.25, 0.3) is 11.0 Å². The number of nitrogens with zero attached hydrogens (tertiary/aromatic N) is 3. The summed E-state index contributed by atoms with van der Waals surface area (Å²) in [5.41, 5.74) is 0.888. The third-order valence-electron chi connectivity index (χ3n) is 2.18. The number of aryl methyl sites for hydroxylation is 1. The van der Waals surface area contributed by atoms with Crippen LogP contribution in [0.1, 0.15) is 11.3 Å². The topological polar surface area (TPSA) is 82.4 Å². The van der Waals surface area contributed by atoms with Crippen molar-refractivity contribution < 1.29 is 0 Å². The average molecular weight is 232 g/mol. The van der Waals surface area contributed by atoms with Crippen molar-refractivity contribution in [3.05, 3.63) is 27.7 Å². The Kier molecular flexibility index (Phi) is 2.62. The molecule has 0 aliphatic rings. The first-order chi connectivity index (χ1) is 7.65. The summed E-state index contributed by atoms with van der Waals surface area (Å²) < 4.78 is 0. The molecular weight excluding hydrogens is 224 g/mol. The molecule has 6 heteroatoms. The number of hydrogen-bond acceptors (Lipinski definition) is 5. The zero-order valence-corrected chi connectivity index (χ0v) is 9.55. The van der Waals surface area contributed by atoms with Crippen LogP contribution < -0.4 is 5.56 Å². The Morgan fingerprint density at radius 2 is 2.25 bits per heavy atom. The van der Waals surface area contributed by atoms with Crippen molar-refractivity contribution in [1.29, 1.82) is 5.26 Å². The lowest BCUT2D eigenvalue weighted by atomic mass is 10.2. The van der Waals surface area contributed by atoms with Crippen LogP contribution in [-0.4, -0.2) is 21.2 Å². The van der Waals surface area contributed by atoms with Gasteiger partial charge in [-0.15, -0.1) is 0 Å². The number of H-pyrrole nitrogens is 1. The molecule has 2 rings (SSSR count). The molecule has 0 atom stereocenters. The Bertz CT molecular complexity index is 656. The average Bonchev–Trinajstić information content (AvgIpc) is 2.28. The maximum absolute atomic E-state index is 11.4. The minimum absolute atomic E-state index is 0.0797. The molecule has 0 aliphatic heterocycles. The van der Waals surface area contributed by atoms with Crippen LogP contribution in [0, 0.1) is 18.3 Å². The van der Waals surface area contributed by atoms with E-state index in [4.69, 9.17) is 5.26 Å². The van der Waals surface area contributed by atoms with E-state index in [1.54, 1.807) is 0 Å². The molecule has 0 saturated carbocycles. The molecule has 0 amide bonds. The number of fused-ring (bicyclic) bond motifs is 1. The molecule has 16 heavy (non-hydrogen) atoms. The number of thioether (sulfide) groups is 1. The zero-order valence-electron chi connectivity index (χ0n) is 8.74. The Labute approximate surface area is 95.5 Å². The Morgan fingerprint density at radius 3 is 2.88 bits per heavy atom. The number of nitriles is 1. The van der Waals surface area contributed by atoms with Crippen molar-refractivity contribution >= 4 is 22.8 Å². The third kappa shape index (κ3) is 1.66. The molecule has 1 N–H and O–H groups in total. The zero-order chi connectivity index (χ0) is 11.7. The number of rotatable bonds is 1. The normalized spacial score (nSPS) is 10.3. The van der Waals surface area contributed by atoms with Crippen molar-refractivity contribution in [3.63, 3.8) is 0 Å². The van der Waals surface area contributed by atoms with Gasteiger partial charge in [0.25, 0.3) is 5.56 Å². The second-order valence-corrected chi connectivity index (χ2v) is 3.96. The molecule has 2 aromatic heterocycles. The fourth-order valence-corrected chi connectivity index (χ4v) is 1.79. The second-order valence-electron chi connectivity index (χ2n) is 3.18. The maximum Gasteiger partial charge on any atom is 0.267 e. The smallest absolute Gasteiger partial charge is 0.267 e.